The van der Waals surface area contributed by atoms with Crippen molar-refractivity contribution in [3.63, 3.8) is 0 Å². The van der Waals surface area contributed by atoms with Gasteiger partial charge in [0.05, 0.1) is 0 Å². The lowest BCUT2D eigenvalue weighted by Crippen LogP contribution is -2.33. The molecule has 0 fully saturated rings. The van der Waals surface area contributed by atoms with Crippen LogP contribution in [0, 0.1) is 0 Å². The fraction of sp³-hybridized carbons (Fsp3) is 0.875. The number of hydrogen-bond donors (Lipinski definition) is 0. The normalized spacial score (nSPS) is 12.2. The van der Waals surface area contributed by atoms with E-state index in [1.54, 1.807) is 34.6 Å². The molecular weight excluding hydrogens is 286 g/mol. The van der Waals surface area contributed by atoms with Crippen LogP contribution < -0.4 is 0 Å². The van der Waals surface area contributed by atoms with Crippen molar-refractivity contribution in [2.45, 2.75) is 72.5 Å². The van der Waals surface area contributed by atoms with Gasteiger partial charge in [-0.05, 0) is 67.1 Å². The number of carbonyl (C=O) groups excluding carboxylic acids is 2. The Morgan fingerprint density at radius 2 is 1.41 bits per heavy atom. The topological polar surface area (TPSA) is 65.1 Å². The van der Waals surface area contributed by atoms with Gasteiger partial charge >= 0.3 is 12.3 Å². The molecule has 0 aliphatic heterocycles. The van der Waals surface area contributed by atoms with Gasteiger partial charge in [-0.2, -0.15) is 0 Å². The lowest BCUT2D eigenvalue weighted by atomic mass is 10.0. The van der Waals surface area contributed by atoms with Crippen molar-refractivity contribution in [1.82, 2.24) is 4.90 Å². The van der Waals surface area contributed by atoms with Crippen molar-refractivity contribution < 1.29 is 23.8 Å². The predicted octanol–water partition coefficient (Wildman–Crippen LogP) is 3.98. The average Bonchev–Trinajstić information content (AvgIpc) is 2.30. The predicted molar refractivity (Wildman–Crippen MR) is 84.9 cm³/mol. The summed E-state index contributed by atoms with van der Waals surface area (Å²) < 4.78 is 14.6. The lowest BCUT2D eigenvalue weighted by molar-refractivity contribution is -0.0373. The van der Waals surface area contributed by atoms with Crippen LogP contribution in [0.5, 0.6) is 0 Å². The van der Waals surface area contributed by atoms with Gasteiger partial charge in [0.1, 0.15) is 11.2 Å². The van der Waals surface area contributed by atoms with E-state index in [9.17, 15) is 9.59 Å². The zero-order valence-electron chi connectivity index (χ0n) is 15.0. The molecule has 0 rings (SSSR count). The molecule has 0 aliphatic carbocycles. The van der Waals surface area contributed by atoms with Crippen LogP contribution in [-0.2, 0) is 14.2 Å². The van der Waals surface area contributed by atoms with Gasteiger partial charge in [-0.3, -0.25) is 0 Å². The molecule has 0 unspecified atom stereocenters. The van der Waals surface area contributed by atoms with Gasteiger partial charge in [0.25, 0.3) is 0 Å². The monoisotopic (exact) mass is 317 g/mol. The van der Waals surface area contributed by atoms with Crippen molar-refractivity contribution in [2.24, 2.45) is 0 Å². The third-order valence-electron chi connectivity index (χ3n) is 3.06. The third-order valence-corrected chi connectivity index (χ3v) is 3.06. The van der Waals surface area contributed by atoms with Crippen LogP contribution in [0.3, 0.4) is 0 Å². The largest absolute Gasteiger partial charge is 0.519 e. The quantitative estimate of drug-likeness (QED) is 0.523. The van der Waals surface area contributed by atoms with E-state index in [2.05, 4.69) is 23.5 Å². The SMILES string of the molecule is CCN(CC)CCCC(C)(C)OC(=O)OC(=O)OC(C)(C)C. The molecule has 6 heteroatoms. The molecule has 0 N–H and O–H groups in total. The Morgan fingerprint density at radius 1 is 0.909 bits per heavy atom. The maximum atomic E-state index is 11.6. The van der Waals surface area contributed by atoms with E-state index in [-0.39, 0.29) is 0 Å². The summed E-state index contributed by atoms with van der Waals surface area (Å²) in [6, 6.07) is 0. The van der Waals surface area contributed by atoms with Gasteiger partial charge in [0, 0.05) is 0 Å². The molecule has 6 nitrogen and oxygen atoms in total. The number of rotatable bonds is 7. The number of nitrogens with zero attached hydrogens (tertiary/aromatic N) is 1. The molecule has 0 spiro atoms. The Bertz CT molecular complexity index is 356. The zero-order chi connectivity index (χ0) is 17.4. The van der Waals surface area contributed by atoms with Crippen LogP contribution in [0.2, 0.25) is 0 Å². The van der Waals surface area contributed by atoms with Crippen LogP contribution in [-0.4, -0.2) is 48.0 Å². The Labute approximate surface area is 134 Å². The Kier molecular flexibility index (Phi) is 8.45. The van der Waals surface area contributed by atoms with E-state index in [4.69, 9.17) is 9.47 Å². The highest BCUT2D eigenvalue weighted by molar-refractivity contribution is 5.77. The number of carbonyl (C=O) groups is 2. The van der Waals surface area contributed by atoms with E-state index in [1.807, 2.05) is 0 Å². The van der Waals surface area contributed by atoms with E-state index in [1.165, 1.54) is 0 Å². The van der Waals surface area contributed by atoms with Crippen LogP contribution in [0.25, 0.3) is 0 Å². The second-order valence-corrected chi connectivity index (χ2v) is 6.81. The third kappa shape index (κ3) is 10.4. The van der Waals surface area contributed by atoms with Crippen molar-refractivity contribution in [3.05, 3.63) is 0 Å². The summed E-state index contributed by atoms with van der Waals surface area (Å²) in [4.78, 5) is 25.3. The summed E-state index contributed by atoms with van der Waals surface area (Å²) in [6.45, 7) is 15.8. The fourth-order valence-corrected chi connectivity index (χ4v) is 1.90. The molecule has 130 valence electrons. The van der Waals surface area contributed by atoms with E-state index in [0.29, 0.717) is 6.42 Å². The number of hydrogen-bond acceptors (Lipinski definition) is 6. The Balaban J connectivity index is 4.18. The molecule has 0 radical (unpaired) electrons. The first-order valence-electron chi connectivity index (χ1n) is 7.85. The standard InChI is InChI=1S/C16H31NO5/c1-8-17(9-2)12-10-11-16(6,7)22-14(19)20-13(18)21-15(3,4)5/h8-12H2,1-7H3. The maximum Gasteiger partial charge on any atom is 0.519 e. The summed E-state index contributed by atoms with van der Waals surface area (Å²) in [5.74, 6) is 0. The second-order valence-electron chi connectivity index (χ2n) is 6.81. The first kappa shape index (κ1) is 20.7. The van der Waals surface area contributed by atoms with Gasteiger partial charge in [-0.25, -0.2) is 9.59 Å². The summed E-state index contributed by atoms with van der Waals surface area (Å²) in [6.07, 6.45) is -0.486. The highest BCUT2D eigenvalue weighted by Gasteiger charge is 2.27. The molecule has 22 heavy (non-hydrogen) atoms. The van der Waals surface area contributed by atoms with Gasteiger partial charge in [0.2, 0.25) is 0 Å². The van der Waals surface area contributed by atoms with Gasteiger partial charge in [-0.15, -0.1) is 0 Å². The second kappa shape index (κ2) is 8.98. The Morgan fingerprint density at radius 3 is 1.86 bits per heavy atom. The van der Waals surface area contributed by atoms with E-state index >= 15 is 0 Å². The van der Waals surface area contributed by atoms with Crippen molar-refractivity contribution in [2.75, 3.05) is 19.6 Å². The molecule has 0 atom stereocenters. The fourth-order valence-electron chi connectivity index (χ4n) is 1.90. The molecular formula is C16H31NO5. The first-order valence-corrected chi connectivity index (χ1v) is 7.85. The van der Waals surface area contributed by atoms with E-state index < -0.39 is 23.5 Å². The minimum absolute atomic E-state index is 0.687. The molecule has 0 saturated heterocycles. The number of ether oxygens (including phenoxy) is 3. The molecule has 0 bridgehead atoms. The first-order chi connectivity index (χ1) is 9.99. The Hall–Kier alpha value is -1.30. The van der Waals surface area contributed by atoms with Crippen LogP contribution in [0.15, 0.2) is 0 Å². The minimum atomic E-state index is -1.04. The maximum absolute atomic E-state index is 11.6. The molecule has 0 heterocycles. The van der Waals surface area contributed by atoms with Crippen molar-refractivity contribution >= 4 is 12.3 Å². The van der Waals surface area contributed by atoms with E-state index in [0.717, 1.165) is 26.1 Å². The van der Waals surface area contributed by atoms with Gasteiger partial charge in [0.15, 0.2) is 0 Å². The van der Waals surface area contributed by atoms with Crippen LogP contribution in [0.4, 0.5) is 9.59 Å². The van der Waals surface area contributed by atoms with Crippen LogP contribution in [0.1, 0.15) is 61.3 Å². The summed E-state index contributed by atoms with van der Waals surface area (Å²) in [7, 11) is 0. The van der Waals surface area contributed by atoms with Gasteiger partial charge < -0.3 is 19.1 Å². The molecule has 0 aliphatic rings. The summed E-state index contributed by atoms with van der Waals surface area (Å²) in [5, 5.41) is 0. The summed E-state index contributed by atoms with van der Waals surface area (Å²) >= 11 is 0. The lowest BCUT2D eigenvalue weighted by Gasteiger charge is -2.26. The smallest absolute Gasteiger partial charge is 0.428 e. The van der Waals surface area contributed by atoms with Crippen molar-refractivity contribution in [3.8, 4) is 0 Å². The highest BCUT2D eigenvalue weighted by Crippen LogP contribution is 2.18. The van der Waals surface area contributed by atoms with Gasteiger partial charge in [-0.1, -0.05) is 13.8 Å². The van der Waals surface area contributed by atoms with Crippen molar-refractivity contribution in [1.29, 1.82) is 0 Å². The highest BCUT2D eigenvalue weighted by atomic mass is 16.8. The van der Waals surface area contributed by atoms with Crippen LogP contribution >= 0.6 is 0 Å². The molecule has 0 aromatic rings. The zero-order valence-corrected chi connectivity index (χ0v) is 15.0. The molecule has 0 aromatic carbocycles. The average molecular weight is 317 g/mol. The molecule has 0 saturated carbocycles. The minimum Gasteiger partial charge on any atom is -0.428 e. The molecule has 0 aromatic heterocycles. The summed E-state index contributed by atoms with van der Waals surface area (Å²) in [5.41, 5.74) is -1.40. The molecule has 0 amide bonds.